The van der Waals surface area contributed by atoms with E-state index in [0.717, 1.165) is 4.31 Å². The topological polar surface area (TPSA) is 150 Å². The molecule has 11 heteroatoms. The predicted molar refractivity (Wildman–Crippen MR) is 112 cm³/mol. The molecule has 30 heavy (non-hydrogen) atoms. The van der Waals surface area contributed by atoms with E-state index in [0.29, 0.717) is 5.69 Å². The number of nitrogens with two attached hydrogens (primary N) is 1. The number of para-hydroxylation sites is 1. The molecular formula is C19H16N8O2S. The van der Waals surface area contributed by atoms with Crippen molar-refractivity contribution < 1.29 is 8.42 Å². The highest BCUT2D eigenvalue weighted by molar-refractivity contribution is 7.93. The van der Waals surface area contributed by atoms with Gasteiger partial charge in [0.2, 0.25) is 0 Å². The lowest BCUT2D eigenvalue weighted by atomic mass is 10.2. The summed E-state index contributed by atoms with van der Waals surface area (Å²) in [6, 6.07) is 12.9. The molecule has 1 aromatic carbocycles. The number of aromatic nitrogens is 3. The monoisotopic (exact) mass is 420 g/mol. The minimum Gasteiger partial charge on any atom is -0.382 e. The summed E-state index contributed by atoms with van der Waals surface area (Å²) in [5.74, 6) is 0.467. The number of amidine groups is 1. The van der Waals surface area contributed by atoms with Crippen LogP contribution < -0.4 is 15.4 Å². The van der Waals surface area contributed by atoms with Crippen LogP contribution in [0.3, 0.4) is 0 Å². The summed E-state index contributed by atoms with van der Waals surface area (Å²) >= 11 is 0. The van der Waals surface area contributed by atoms with Gasteiger partial charge in [0.15, 0.2) is 5.82 Å². The third kappa shape index (κ3) is 3.19. The summed E-state index contributed by atoms with van der Waals surface area (Å²) in [4.78, 5) is 16.5. The number of fused-ring (bicyclic) bond motifs is 1. The lowest BCUT2D eigenvalue weighted by Gasteiger charge is -2.32. The number of sulfonamides is 1. The maximum absolute atomic E-state index is 13.4. The van der Waals surface area contributed by atoms with Crippen molar-refractivity contribution >= 4 is 39.0 Å². The molecule has 0 saturated heterocycles. The summed E-state index contributed by atoms with van der Waals surface area (Å²) in [7, 11) is -3.97. The maximum atomic E-state index is 13.4. The fourth-order valence-corrected chi connectivity index (χ4v) is 4.66. The van der Waals surface area contributed by atoms with Gasteiger partial charge in [-0.15, -0.1) is 0 Å². The third-order valence-corrected chi connectivity index (χ3v) is 6.17. The van der Waals surface area contributed by atoms with E-state index in [4.69, 9.17) is 5.73 Å². The number of aliphatic imine (C=N–C) groups is 1. The van der Waals surface area contributed by atoms with Crippen LogP contribution in [0.1, 0.15) is 12.5 Å². The second kappa shape index (κ2) is 7.41. The Kier molecular flexibility index (Phi) is 4.77. The molecule has 2 aromatic heterocycles. The molecule has 10 nitrogen and oxygen atoms in total. The number of nitriles is 1. The molecular weight excluding hydrogens is 404 g/mol. The highest BCUT2D eigenvalue weighted by Gasteiger charge is 2.38. The smallest absolute Gasteiger partial charge is 0.273 e. The molecule has 0 fully saturated rings. The van der Waals surface area contributed by atoms with Crippen LogP contribution in [-0.4, -0.2) is 35.2 Å². The van der Waals surface area contributed by atoms with Crippen molar-refractivity contribution in [2.75, 3.05) is 15.4 Å². The fourth-order valence-electron chi connectivity index (χ4n) is 3.04. The Labute approximate surface area is 172 Å². The Morgan fingerprint density at radius 2 is 1.90 bits per heavy atom. The van der Waals surface area contributed by atoms with E-state index in [1.807, 2.05) is 6.07 Å². The Morgan fingerprint density at radius 3 is 2.63 bits per heavy atom. The van der Waals surface area contributed by atoms with Crippen LogP contribution in [0.4, 0.5) is 23.1 Å². The van der Waals surface area contributed by atoms with Gasteiger partial charge in [0.05, 0.1) is 11.7 Å². The first-order chi connectivity index (χ1) is 14.4. The quantitative estimate of drug-likeness (QED) is 0.651. The van der Waals surface area contributed by atoms with E-state index < -0.39 is 16.1 Å². The van der Waals surface area contributed by atoms with Crippen molar-refractivity contribution in [3.8, 4) is 6.07 Å². The van der Waals surface area contributed by atoms with Crippen molar-refractivity contribution in [3.05, 3.63) is 60.6 Å². The van der Waals surface area contributed by atoms with Crippen LogP contribution in [0.15, 0.2) is 64.9 Å². The fraction of sp³-hybridized carbons (Fsp3) is 0.105. The predicted octanol–water partition coefficient (Wildman–Crippen LogP) is 2.06. The molecule has 1 aliphatic rings. The molecule has 3 aromatic rings. The largest absolute Gasteiger partial charge is 0.382 e. The Hall–Kier alpha value is -4.04. The number of hydrogen-bond donors (Lipinski definition) is 2. The second-order valence-electron chi connectivity index (χ2n) is 6.36. The van der Waals surface area contributed by atoms with Gasteiger partial charge in [-0.25, -0.2) is 32.7 Å². The maximum Gasteiger partial charge on any atom is 0.273 e. The van der Waals surface area contributed by atoms with Crippen molar-refractivity contribution in [3.63, 3.8) is 0 Å². The first-order valence-electron chi connectivity index (χ1n) is 8.84. The van der Waals surface area contributed by atoms with Gasteiger partial charge < -0.3 is 11.1 Å². The number of pyridine rings is 1. The van der Waals surface area contributed by atoms with Crippen LogP contribution in [0.25, 0.3) is 0 Å². The Bertz CT molecular complexity index is 1290. The number of rotatable bonds is 4. The van der Waals surface area contributed by atoms with Crippen LogP contribution in [-0.2, 0) is 10.0 Å². The molecule has 3 heterocycles. The van der Waals surface area contributed by atoms with Crippen molar-refractivity contribution in [1.82, 2.24) is 15.0 Å². The van der Waals surface area contributed by atoms with Crippen LogP contribution in [0.2, 0.25) is 0 Å². The summed E-state index contributed by atoms with van der Waals surface area (Å²) in [6.07, 6.45) is 2.70. The van der Waals surface area contributed by atoms with Gasteiger partial charge >= 0.3 is 0 Å². The standard InChI is InChI=1S/C19H16N8O2S/c1-12(25-17-14(10-20)16(21)23-11-24-17)19-26-18-15(8-5-9-22-18)30(28,29)27(19)13-6-3-2-4-7-13/h2-9,11-12H,1H3,(H3,21,23,24,25)/t12-/m0/s1. The van der Waals surface area contributed by atoms with Gasteiger partial charge in [0.25, 0.3) is 10.0 Å². The molecule has 4 rings (SSSR count). The van der Waals surface area contributed by atoms with Gasteiger partial charge in [-0.05, 0) is 31.2 Å². The normalized spacial score (nSPS) is 15.5. The first-order valence-corrected chi connectivity index (χ1v) is 10.3. The zero-order valence-electron chi connectivity index (χ0n) is 15.8. The molecule has 1 atom stereocenters. The molecule has 0 bridgehead atoms. The van der Waals surface area contributed by atoms with E-state index in [-0.39, 0.29) is 33.7 Å². The SMILES string of the molecule is C[C@H](Nc1ncnc(N)c1C#N)C1=Nc2ncccc2S(=O)(=O)N1c1ccccc1. The molecule has 1 aliphatic heterocycles. The van der Waals surface area contributed by atoms with Gasteiger partial charge in [-0.3, -0.25) is 0 Å². The van der Waals surface area contributed by atoms with Gasteiger partial charge in [0, 0.05) is 6.20 Å². The molecule has 0 unspecified atom stereocenters. The summed E-state index contributed by atoms with van der Waals surface area (Å²) in [6.45, 7) is 1.71. The molecule has 0 aliphatic carbocycles. The minimum atomic E-state index is -3.97. The van der Waals surface area contributed by atoms with E-state index in [9.17, 15) is 13.7 Å². The number of hydrogen-bond acceptors (Lipinski definition) is 9. The molecule has 150 valence electrons. The van der Waals surface area contributed by atoms with Crippen molar-refractivity contribution in [2.45, 2.75) is 17.9 Å². The number of nitrogen functional groups attached to an aromatic ring is 1. The number of nitrogens with one attached hydrogen (secondary N) is 1. The van der Waals surface area contributed by atoms with Gasteiger partial charge in [0.1, 0.15) is 40.3 Å². The summed E-state index contributed by atoms with van der Waals surface area (Å²) in [5.41, 5.74) is 6.23. The van der Waals surface area contributed by atoms with Gasteiger partial charge in [-0.1, -0.05) is 18.2 Å². The molecule has 0 radical (unpaired) electrons. The molecule has 0 saturated carbocycles. The molecule has 0 spiro atoms. The first kappa shape index (κ1) is 19.3. The van der Waals surface area contributed by atoms with Crippen LogP contribution >= 0.6 is 0 Å². The van der Waals surface area contributed by atoms with Crippen molar-refractivity contribution in [2.24, 2.45) is 4.99 Å². The minimum absolute atomic E-state index is 0.00815. The number of nitrogens with zero attached hydrogens (tertiary/aromatic N) is 6. The van der Waals surface area contributed by atoms with E-state index >= 15 is 0 Å². The Morgan fingerprint density at radius 1 is 1.13 bits per heavy atom. The van der Waals surface area contributed by atoms with Gasteiger partial charge in [-0.2, -0.15) is 5.26 Å². The Balaban J connectivity index is 1.85. The zero-order chi connectivity index (χ0) is 21.3. The average Bonchev–Trinajstić information content (AvgIpc) is 2.74. The summed E-state index contributed by atoms with van der Waals surface area (Å²) in [5, 5.41) is 12.4. The van der Waals surface area contributed by atoms with Crippen LogP contribution in [0, 0.1) is 11.3 Å². The van der Waals surface area contributed by atoms with E-state index in [1.165, 1.54) is 18.6 Å². The molecule has 0 amide bonds. The third-order valence-electron chi connectivity index (χ3n) is 4.42. The van der Waals surface area contributed by atoms with Crippen molar-refractivity contribution in [1.29, 1.82) is 5.26 Å². The van der Waals surface area contributed by atoms with E-state index in [2.05, 4.69) is 25.3 Å². The van der Waals surface area contributed by atoms with E-state index in [1.54, 1.807) is 43.3 Å². The van der Waals surface area contributed by atoms with Crippen LogP contribution in [0.5, 0.6) is 0 Å². The lowest BCUT2D eigenvalue weighted by molar-refractivity contribution is 0.595. The molecule has 3 N–H and O–H groups in total. The highest BCUT2D eigenvalue weighted by atomic mass is 32.2. The summed E-state index contributed by atoms with van der Waals surface area (Å²) < 4.78 is 28.0. The average molecular weight is 420 g/mol. The second-order valence-corrected chi connectivity index (χ2v) is 8.12. The zero-order valence-corrected chi connectivity index (χ0v) is 16.6. The number of anilines is 3. The number of benzene rings is 1. The highest BCUT2D eigenvalue weighted by Crippen LogP contribution is 2.35. The lowest BCUT2D eigenvalue weighted by Crippen LogP contribution is -2.47.